The summed E-state index contributed by atoms with van der Waals surface area (Å²) in [5, 5.41) is 3.21. The van der Waals surface area contributed by atoms with E-state index in [-0.39, 0.29) is 0 Å². The molecule has 6 heteroatoms. The van der Waals surface area contributed by atoms with Crippen molar-refractivity contribution >= 4 is 21.7 Å². The molecule has 0 aromatic carbocycles. The summed E-state index contributed by atoms with van der Waals surface area (Å²) in [6, 6.07) is 1.87. The summed E-state index contributed by atoms with van der Waals surface area (Å²) in [6.45, 7) is 5.12. The highest BCUT2D eigenvalue weighted by Crippen LogP contribution is 2.29. The highest BCUT2D eigenvalue weighted by molar-refractivity contribution is 9.10. The zero-order chi connectivity index (χ0) is 13.8. The van der Waals surface area contributed by atoms with E-state index in [2.05, 4.69) is 31.2 Å². The van der Waals surface area contributed by atoms with Crippen LogP contribution in [0.2, 0.25) is 0 Å². The molecular weight excluding hydrogens is 310 g/mol. The van der Waals surface area contributed by atoms with E-state index in [9.17, 15) is 0 Å². The number of ether oxygens (including phenoxy) is 1. The Hall–Kier alpha value is -1.40. The number of aromatic nitrogens is 2. The van der Waals surface area contributed by atoms with Crippen LogP contribution < -0.4 is 5.32 Å². The lowest BCUT2D eigenvalue weighted by Gasteiger charge is -2.11. The lowest BCUT2D eigenvalue weighted by molar-refractivity contribution is 0.181. The summed E-state index contributed by atoms with van der Waals surface area (Å²) in [7, 11) is 1.64. The minimum atomic E-state index is 0.422. The van der Waals surface area contributed by atoms with Crippen molar-refractivity contribution in [1.82, 2.24) is 9.97 Å². The van der Waals surface area contributed by atoms with Gasteiger partial charge < -0.3 is 14.5 Å². The molecule has 2 heterocycles. The maximum Gasteiger partial charge on any atom is 0.165 e. The molecule has 2 aromatic heterocycles. The van der Waals surface area contributed by atoms with Gasteiger partial charge in [0.1, 0.15) is 11.6 Å². The molecule has 0 radical (unpaired) electrons. The molecule has 0 amide bonds. The SMILES string of the molecule is CCNc1nc(-c2ccoc2C)nc(COC)c1Br. The standard InChI is InChI=1S/C13H16BrN3O2/c1-4-15-13-11(14)10(7-18-3)16-12(17-13)9-5-6-19-8(9)2/h5-6H,4,7H2,1-3H3,(H,15,16,17). The quantitative estimate of drug-likeness (QED) is 0.913. The zero-order valence-electron chi connectivity index (χ0n) is 11.2. The van der Waals surface area contributed by atoms with Gasteiger partial charge in [-0.3, -0.25) is 0 Å². The molecule has 1 N–H and O–H groups in total. The van der Waals surface area contributed by atoms with Gasteiger partial charge in [0.15, 0.2) is 5.82 Å². The van der Waals surface area contributed by atoms with Gasteiger partial charge in [0.05, 0.1) is 28.6 Å². The Labute approximate surface area is 120 Å². The van der Waals surface area contributed by atoms with Crippen LogP contribution in [-0.2, 0) is 11.3 Å². The number of methoxy groups -OCH3 is 1. The molecule has 19 heavy (non-hydrogen) atoms. The fraction of sp³-hybridized carbons (Fsp3) is 0.385. The molecule has 0 atom stereocenters. The summed E-state index contributed by atoms with van der Waals surface area (Å²) < 4.78 is 11.3. The highest BCUT2D eigenvalue weighted by Gasteiger charge is 2.15. The predicted octanol–water partition coefficient (Wildman–Crippen LogP) is 3.39. The van der Waals surface area contributed by atoms with Crippen LogP contribution in [0.3, 0.4) is 0 Å². The Bertz CT molecular complexity index is 542. The number of halogens is 1. The first kappa shape index (κ1) is 14.0. The smallest absolute Gasteiger partial charge is 0.165 e. The highest BCUT2D eigenvalue weighted by atomic mass is 79.9. The second-order valence-electron chi connectivity index (χ2n) is 4.01. The van der Waals surface area contributed by atoms with Gasteiger partial charge >= 0.3 is 0 Å². The van der Waals surface area contributed by atoms with Crippen molar-refractivity contribution in [2.45, 2.75) is 20.5 Å². The number of anilines is 1. The van der Waals surface area contributed by atoms with Crippen LogP contribution >= 0.6 is 15.9 Å². The number of furan rings is 1. The molecule has 5 nitrogen and oxygen atoms in total. The van der Waals surface area contributed by atoms with E-state index in [1.165, 1.54) is 0 Å². The lowest BCUT2D eigenvalue weighted by atomic mass is 10.2. The van der Waals surface area contributed by atoms with E-state index in [0.717, 1.165) is 33.9 Å². The molecule has 0 aliphatic carbocycles. The third-order valence-electron chi connectivity index (χ3n) is 2.64. The van der Waals surface area contributed by atoms with Gasteiger partial charge in [-0.25, -0.2) is 9.97 Å². The van der Waals surface area contributed by atoms with Crippen molar-refractivity contribution in [1.29, 1.82) is 0 Å². The van der Waals surface area contributed by atoms with Crippen molar-refractivity contribution in [3.8, 4) is 11.4 Å². The third-order valence-corrected chi connectivity index (χ3v) is 3.48. The summed E-state index contributed by atoms with van der Waals surface area (Å²) in [4.78, 5) is 9.05. The first-order chi connectivity index (χ1) is 9.17. The average Bonchev–Trinajstić information content (AvgIpc) is 2.81. The van der Waals surface area contributed by atoms with Gasteiger partial charge in [-0.2, -0.15) is 0 Å². The van der Waals surface area contributed by atoms with Crippen molar-refractivity contribution in [3.63, 3.8) is 0 Å². The van der Waals surface area contributed by atoms with Crippen molar-refractivity contribution in [2.24, 2.45) is 0 Å². The first-order valence-electron chi connectivity index (χ1n) is 6.01. The molecule has 0 aliphatic heterocycles. The molecule has 0 spiro atoms. The van der Waals surface area contributed by atoms with Gasteiger partial charge in [0.2, 0.25) is 0 Å². The topological polar surface area (TPSA) is 60.2 Å². The Balaban J connectivity index is 2.52. The summed E-state index contributed by atoms with van der Waals surface area (Å²) in [5.41, 5.74) is 1.70. The Morgan fingerprint density at radius 2 is 2.21 bits per heavy atom. The number of hydrogen-bond acceptors (Lipinski definition) is 5. The summed E-state index contributed by atoms with van der Waals surface area (Å²) >= 11 is 3.51. The van der Waals surface area contributed by atoms with Crippen LogP contribution in [0, 0.1) is 6.92 Å². The van der Waals surface area contributed by atoms with Crippen LogP contribution in [0.4, 0.5) is 5.82 Å². The minimum absolute atomic E-state index is 0.422. The molecule has 0 saturated carbocycles. The lowest BCUT2D eigenvalue weighted by Crippen LogP contribution is -2.07. The van der Waals surface area contributed by atoms with Crippen LogP contribution in [-0.4, -0.2) is 23.6 Å². The number of nitrogens with one attached hydrogen (secondary N) is 1. The summed E-state index contributed by atoms with van der Waals surface area (Å²) in [5.74, 6) is 2.20. The van der Waals surface area contributed by atoms with Gasteiger partial charge in [-0.15, -0.1) is 0 Å². The van der Waals surface area contributed by atoms with E-state index >= 15 is 0 Å². The molecule has 2 aromatic rings. The largest absolute Gasteiger partial charge is 0.469 e. The minimum Gasteiger partial charge on any atom is -0.469 e. The van der Waals surface area contributed by atoms with Gasteiger partial charge in [-0.1, -0.05) is 0 Å². The molecule has 0 saturated heterocycles. The third kappa shape index (κ3) is 2.96. The normalized spacial score (nSPS) is 10.7. The van der Waals surface area contributed by atoms with Crippen molar-refractivity contribution in [2.75, 3.05) is 19.0 Å². The molecule has 0 fully saturated rings. The maximum atomic E-state index is 5.31. The van der Waals surface area contributed by atoms with E-state index in [1.807, 2.05) is 19.9 Å². The first-order valence-corrected chi connectivity index (χ1v) is 6.80. The van der Waals surface area contributed by atoms with E-state index in [0.29, 0.717) is 12.4 Å². The van der Waals surface area contributed by atoms with E-state index in [1.54, 1.807) is 13.4 Å². The second kappa shape index (κ2) is 6.16. The molecule has 102 valence electrons. The Kier molecular flexibility index (Phi) is 4.55. The monoisotopic (exact) mass is 325 g/mol. The second-order valence-corrected chi connectivity index (χ2v) is 4.80. The van der Waals surface area contributed by atoms with Gasteiger partial charge in [0.25, 0.3) is 0 Å². The van der Waals surface area contributed by atoms with Crippen LogP contribution in [0.15, 0.2) is 21.2 Å². The van der Waals surface area contributed by atoms with E-state index in [4.69, 9.17) is 9.15 Å². The number of aryl methyl sites for hydroxylation is 1. The molecule has 2 rings (SSSR count). The zero-order valence-corrected chi connectivity index (χ0v) is 12.7. The van der Waals surface area contributed by atoms with Crippen LogP contribution in [0.5, 0.6) is 0 Å². The molecule has 0 aliphatic rings. The average molecular weight is 326 g/mol. The number of nitrogens with zero attached hydrogens (tertiary/aromatic N) is 2. The van der Waals surface area contributed by atoms with Gasteiger partial charge in [0, 0.05) is 13.7 Å². The Morgan fingerprint density at radius 3 is 2.79 bits per heavy atom. The van der Waals surface area contributed by atoms with Crippen molar-refractivity contribution in [3.05, 3.63) is 28.3 Å². The number of hydrogen-bond donors (Lipinski definition) is 1. The fourth-order valence-corrected chi connectivity index (χ4v) is 2.18. The predicted molar refractivity (Wildman–Crippen MR) is 77.0 cm³/mol. The summed E-state index contributed by atoms with van der Waals surface area (Å²) in [6.07, 6.45) is 1.64. The van der Waals surface area contributed by atoms with E-state index < -0.39 is 0 Å². The fourth-order valence-electron chi connectivity index (χ4n) is 1.75. The van der Waals surface area contributed by atoms with Crippen molar-refractivity contribution < 1.29 is 9.15 Å². The molecular formula is C13H16BrN3O2. The maximum absolute atomic E-state index is 5.31. The van der Waals surface area contributed by atoms with Gasteiger partial charge in [-0.05, 0) is 35.8 Å². The number of rotatable bonds is 5. The van der Waals surface area contributed by atoms with Crippen LogP contribution in [0.25, 0.3) is 11.4 Å². The molecule has 0 unspecified atom stereocenters. The van der Waals surface area contributed by atoms with Crippen LogP contribution in [0.1, 0.15) is 18.4 Å². The Morgan fingerprint density at radius 1 is 1.42 bits per heavy atom. The molecule has 0 bridgehead atoms.